The fourth-order valence-corrected chi connectivity index (χ4v) is 4.65. The summed E-state index contributed by atoms with van der Waals surface area (Å²) in [7, 11) is 1.98. The number of halogens is 2. The molecule has 0 saturated carbocycles. The van der Waals surface area contributed by atoms with Crippen molar-refractivity contribution in [2.45, 2.75) is 32.4 Å². The molecule has 1 aliphatic rings. The lowest BCUT2D eigenvalue weighted by atomic mass is 10.0. The quantitative estimate of drug-likeness (QED) is 0.372. The Kier molecular flexibility index (Phi) is 7.09. The van der Waals surface area contributed by atoms with Gasteiger partial charge in [0.2, 0.25) is 5.82 Å². The lowest BCUT2D eigenvalue weighted by Gasteiger charge is -2.35. The molecule has 4 aromatic rings. The van der Waals surface area contributed by atoms with Gasteiger partial charge >= 0.3 is 6.01 Å². The summed E-state index contributed by atoms with van der Waals surface area (Å²) in [4.78, 5) is 21.6. The Labute approximate surface area is 213 Å². The molecule has 2 aromatic carbocycles. The smallest absolute Gasteiger partial charge is 0.324 e. The first kappa shape index (κ1) is 24.8. The predicted molar refractivity (Wildman–Crippen MR) is 136 cm³/mol. The third-order valence-corrected chi connectivity index (χ3v) is 6.81. The van der Waals surface area contributed by atoms with E-state index >= 15 is 0 Å². The minimum Gasteiger partial charge on any atom is -0.324 e. The number of aromatic nitrogens is 4. The molecule has 5 rings (SSSR count). The van der Waals surface area contributed by atoms with Gasteiger partial charge in [-0.15, -0.1) is 0 Å². The zero-order valence-corrected chi connectivity index (χ0v) is 20.8. The molecule has 192 valence electrons. The average Bonchev–Trinajstić information content (AvgIpc) is 3.40. The van der Waals surface area contributed by atoms with Gasteiger partial charge < -0.3 is 14.3 Å². The van der Waals surface area contributed by atoms with E-state index in [9.17, 15) is 13.6 Å². The number of rotatable bonds is 7. The third-order valence-electron chi connectivity index (χ3n) is 6.81. The fraction of sp³-hybridized carbons (Fsp3) is 0.333. The van der Waals surface area contributed by atoms with Crippen molar-refractivity contribution < 1.29 is 13.3 Å². The number of hydrogen-bond acceptors (Lipinski definition) is 7. The maximum atomic E-state index is 13.7. The maximum Gasteiger partial charge on any atom is 0.324 e. The first-order chi connectivity index (χ1) is 17.9. The molecule has 0 aliphatic carbocycles. The van der Waals surface area contributed by atoms with Crippen LogP contribution in [0.15, 0.2) is 63.9 Å². The normalized spacial score (nSPS) is 14.7. The molecule has 1 fully saturated rings. The second-order valence-corrected chi connectivity index (χ2v) is 9.25. The van der Waals surface area contributed by atoms with E-state index in [2.05, 4.69) is 32.0 Å². The Morgan fingerprint density at radius 2 is 1.78 bits per heavy atom. The van der Waals surface area contributed by atoms with Crippen molar-refractivity contribution in [3.63, 3.8) is 0 Å². The largest absolute Gasteiger partial charge is 0.324 e. The molecule has 2 aromatic heterocycles. The zero-order valence-electron chi connectivity index (χ0n) is 20.8. The lowest BCUT2D eigenvalue weighted by Crippen LogP contribution is -2.43. The zero-order chi connectivity index (χ0) is 25.9. The Morgan fingerprint density at radius 1 is 1.03 bits per heavy atom. The van der Waals surface area contributed by atoms with Gasteiger partial charge in [0, 0.05) is 49.4 Å². The Balaban J connectivity index is 1.34. The van der Waals surface area contributed by atoms with Crippen LogP contribution in [0.25, 0.3) is 22.6 Å². The number of benzene rings is 2. The van der Waals surface area contributed by atoms with Crippen LogP contribution in [0.3, 0.4) is 0 Å². The van der Waals surface area contributed by atoms with E-state index in [0.717, 1.165) is 49.7 Å². The van der Waals surface area contributed by atoms with Crippen molar-refractivity contribution in [1.82, 2.24) is 24.8 Å². The first-order valence-corrected chi connectivity index (χ1v) is 12.3. The summed E-state index contributed by atoms with van der Waals surface area (Å²) in [6.45, 7) is 5.51. The molecule has 37 heavy (non-hydrogen) atoms. The van der Waals surface area contributed by atoms with Crippen molar-refractivity contribution in [2.75, 3.05) is 31.6 Å². The molecule has 10 heteroatoms. The van der Waals surface area contributed by atoms with Gasteiger partial charge in [-0.3, -0.25) is 4.79 Å². The molecule has 0 radical (unpaired) electrons. The molecule has 0 spiro atoms. The van der Waals surface area contributed by atoms with E-state index in [-0.39, 0.29) is 17.7 Å². The van der Waals surface area contributed by atoms with Crippen LogP contribution in [-0.2, 0) is 6.54 Å². The third kappa shape index (κ3) is 5.59. The minimum absolute atomic E-state index is 0.166. The predicted octanol–water partition coefficient (Wildman–Crippen LogP) is 4.21. The van der Waals surface area contributed by atoms with E-state index in [0.29, 0.717) is 23.6 Å². The highest BCUT2D eigenvalue weighted by atomic mass is 19.1. The van der Waals surface area contributed by atoms with Crippen LogP contribution in [0.5, 0.6) is 0 Å². The molecule has 0 N–H and O–H groups in total. The Bertz CT molecular complexity index is 1420. The van der Waals surface area contributed by atoms with Crippen molar-refractivity contribution in [3.8, 4) is 22.6 Å². The minimum atomic E-state index is -0.709. The highest BCUT2D eigenvalue weighted by molar-refractivity contribution is 5.59. The summed E-state index contributed by atoms with van der Waals surface area (Å²) in [5, 5.41) is 8.50. The van der Waals surface area contributed by atoms with Crippen molar-refractivity contribution in [3.05, 3.63) is 82.1 Å². The van der Waals surface area contributed by atoms with Crippen LogP contribution in [0, 0.1) is 11.6 Å². The summed E-state index contributed by atoms with van der Waals surface area (Å²) >= 11 is 0. The highest BCUT2D eigenvalue weighted by Crippen LogP contribution is 2.25. The average molecular weight is 507 g/mol. The van der Waals surface area contributed by atoms with Crippen molar-refractivity contribution in [2.24, 2.45) is 0 Å². The molecule has 1 saturated heterocycles. The second-order valence-electron chi connectivity index (χ2n) is 9.25. The van der Waals surface area contributed by atoms with Crippen LogP contribution >= 0.6 is 0 Å². The van der Waals surface area contributed by atoms with Gasteiger partial charge in [-0.2, -0.15) is 10.1 Å². The molecule has 3 heterocycles. The first-order valence-electron chi connectivity index (χ1n) is 12.3. The van der Waals surface area contributed by atoms with Gasteiger partial charge in [-0.1, -0.05) is 30.3 Å². The van der Waals surface area contributed by atoms with E-state index in [1.54, 1.807) is 0 Å². The molecule has 0 unspecified atom stereocenters. The number of nitrogens with zero attached hydrogens (tertiary/aromatic N) is 6. The highest BCUT2D eigenvalue weighted by Gasteiger charge is 2.25. The monoisotopic (exact) mass is 506 g/mol. The van der Waals surface area contributed by atoms with E-state index in [4.69, 9.17) is 4.52 Å². The SMILES string of the molecule is CCN1CCC(N(C)c2nc(-c3cccc(Cn4nc(-c5cc(F)cc(F)c5)ccc4=O)c3)no2)CC1. The number of hydrogen-bond donors (Lipinski definition) is 0. The molecule has 1 aliphatic heterocycles. The molecular formula is C27H28F2N6O2. The van der Waals surface area contributed by atoms with Gasteiger partial charge in [-0.05, 0) is 49.2 Å². The van der Waals surface area contributed by atoms with Gasteiger partial charge in [0.1, 0.15) is 11.6 Å². The fourth-order valence-electron chi connectivity index (χ4n) is 4.65. The topological polar surface area (TPSA) is 80.3 Å². The maximum absolute atomic E-state index is 13.7. The van der Waals surface area contributed by atoms with Crippen LogP contribution in [0.1, 0.15) is 25.3 Å². The summed E-state index contributed by atoms with van der Waals surface area (Å²) in [5.74, 6) is -0.962. The number of piperidine rings is 1. The van der Waals surface area contributed by atoms with Gasteiger partial charge in [0.25, 0.3) is 5.56 Å². The van der Waals surface area contributed by atoms with Crippen LogP contribution in [0.4, 0.5) is 14.8 Å². The van der Waals surface area contributed by atoms with Crippen molar-refractivity contribution >= 4 is 6.01 Å². The van der Waals surface area contributed by atoms with Crippen LogP contribution in [-0.4, -0.2) is 57.5 Å². The van der Waals surface area contributed by atoms with Gasteiger partial charge in [-0.25, -0.2) is 13.5 Å². The second kappa shape index (κ2) is 10.6. The molecule has 8 nitrogen and oxygen atoms in total. The molecule has 0 bridgehead atoms. The molecular weight excluding hydrogens is 478 g/mol. The van der Waals surface area contributed by atoms with E-state index in [1.165, 1.54) is 28.9 Å². The van der Waals surface area contributed by atoms with Crippen LogP contribution in [0.2, 0.25) is 0 Å². The van der Waals surface area contributed by atoms with E-state index in [1.807, 2.05) is 31.3 Å². The summed E-state index contributed by atoms with van der Waals surface area (Å²) < 4.78 is 34.2. The van der Waals surface area contributed by atoms with E-state index < -0.39 is 11.6 Å². The molecule has 0 amide bonds. The van der Waals surface area contributed by atoms with Crippen LogP contribution < -0.4 is 10.5 Å². The lowest BCUT2D eigenvalue weighted by molar-refractivity contribution is 0.217. The summed E-state index contributed by atoms with van der Waals surface area (Å²) in [6.07, 6.45) is 2.08. The number of anilines is 1. The van der Waals surface area contributed by atoms with Gasteiger partial charge in [0.05, 0.1) is 12.2 Å². The standard InChI is InChI=1S/C27H28F2N6O2/c1-3-34-11-9-23(10-12-34)33(2)27-30-26(32-37-27)19-6-4-5-18(13-19)17-35-25(36)8-7-24(31-35)20-14-21(28)16-22(29)15-20/h4-8,13-16,23H,3,9-12,17H2,1-2H3. The molecule has 0 atom stereocenters. The Morgan fingerprint density at radius 3 is 2.51 bits per heavy atom. The number of likely N-dealkylation sites (tertiary alicyclic amines) is 1. The van der Waals surface area contributed by atoms with Gasteiger partial charge in [0.15, 0.2) is 0 Å². The summed E-state index contributed by atoms with van der Waals surface area (Å²) in [6, 6.07) is 14.2. The Hall–Kier alpha value is -3.92. The van der Waals surface area contributed by atoms with Crippen molar-refractivity contribution in [1.29, 1.82) is 0 Å². The summed E-state index contributed by atoms with van der Waals surface area (Å²) in [5.41, 5.74) is 1.76.